The molecule has 5 N–H and O–H groups in total. The summed E-state index contributed by atoms with van der Waals surface area (Å²) in [7, 11) is 0. The van der Waals surface area contributed by atoms with Crippen LogP contribution in [-0.4, -0.2) is 5.84 Å². The second-order valence-corrected chi connectivity index (χ2v) is 9.55. The van der Waals surface area contributed by atoms with Crippen molar-refractivity contribution in [3.8, 4) is 0 Å². The van der Waals surface area contributed by atoms with Gasteiger partial charge < -0.3 is 5.73 Å². The first-order valence-corrected chi connectivity index (χ1v) is 12.3. The zero-order valence-electron chi connectivity index (χ0n) is 19.6. The van der Waals surface area contributed by atoms with Crippen molar-refractivity contribution in [1.29, 1.82) is 0 Å². The minimum atomic E-state index is 0.331. The number of aryl methyl sites for hydroxylation is 3. The molecule has 0 saturated heterocycles. The number of nitrogens with one attached hydrogen (secondary N) is 1. The number of hydrogen-bond acceptors (Lipinski definition) is 4. The summed E-state index contributed by atoms with van der Waals surface area (Å²) in [5, 5.41) is 8.36. The quantitative estimate of drug-likeness (QED) is 0.172. The van der Waals surface area contributed by atoms with E-state index < -0.39 is 0 Å². The molecule has 4 rings (SSSR count). The van der Waals surface area contributed by atoms with Gasteiger partial charge in [-0.05, 0) is 106 Å². The molecule has 1 fully saturated rings. The molecule has 1 heterocycles. The van der Waals surface area contributed by atoms with Crippen LogP contribution < -0.4 is 17.1 Å². The lowest BCUT2D eigenvalue weighted by Gasteiger charge is -2.31. The largest absolute Gasteiger partial charge is 0.382 e. The summed E-state index contributed by atoms with van der Waals surface area (Å²) in [6, 6.07) is 15.6. The van der Waals surface area contributed by atoms with Crippen molar-refractivity contribution in [2.75, 3.05) is 0 Å². The van der Waals surface area contributed by atoms with Gasteiger partial charge in [0.2, 0.25) is 0 Å². The fourth-order valence-corrected chi connectivity index (χ4v) is 5.17. The molecule has 33 heavy (non-hydrogen) atoms. The van der Waals surface area contributed by atoms with Gasteiger partial charge in [-0.15, -0.1) is 5.10 Å². The number of allylic oxidation sites excluding steroid dienone is 1. The van der Waals surface area contributed by atoms with E-state index in [0.29, 0.717) is 11.8 Å². The van der Waals surface area contributed by atoms with Gasteiger partial charge in [-0.2, -0.15) is 11.3 Å². The number of nitrogens with two attached hydrogens (primary N) is 2. The van der Waals surface area contributed by atoms with Crippen LogP contribution in [0, 0.1) is 26.7 Å². The molecule has 0 bridgehead atoms. The lowest BCUT2D eigenvalue weighted by atomic mass is 9.73. The van der Waals surface area contributed by atoms with E-state index in [1.807, 2.05) is 6.08 Å². The number of hydrazine groups is 1. The number of rotatable bonds is 7. The molecule has 5 heteroatoms. The number of benzene rings is 2. The third kappa shape index (κ3) is 5.10. The van der Waals surface area contributed by atoms with Gasteiger partial charge in [0.05, 0.1) is 0 Å². The molecule has 1 saturated carbocycles. The zero-order chi connectivity index (χ0) is 23.4. The predicted molar refractivity (Wildman–Crippen MR) is 143 cm³/mol. The van der Waals surface area contributed by atoms with Gasteiger partial charge in [-0.1, -0.05) is 55.0 Å². The van der Waals surface area contributed by atoms with Crippen LogP contribution in [0.5, 0.6) is 0 Å². The van der Waals surface area contributed by atoms with Gasteiger partial charge in [-0.3, -0.25) is 0 Å². The van der Waals surface area contributed by atoms with Crippen LogP contribution in [0.3, 0.4) is 0 Å². The van der Waals surface area contributed by atoms with Crippen LogP contribution in [-0.2, 0) is 0 Å². The molecule has 4 nitrogen and oxygen atoms in total. The third-order valence-electron chi connectivity index (χ3n) is 6.56. The minimum Gasteiger partial charge on any atom is -0.382 e. The number of hydrazone groups is 1. The zero-order valence-corrected chi connectivity index (χ0v) is 20.4. The smallest absolute Gasteiger partial charge is 0.144 e. The van der Waals surface area contributed by atoms with Crippen LogP contribution in [0.15, 0.2) is 64.4 Å². The van der Waals surface area contributed by atoms with Crippen LogP contribution in [0.2, 0.25) is 0 Å². The number of amidine groups is 1. The second-order valence-electron chi connectivity index (χ2n) is 8.81. The molecule has 1 aliphatic rings. The van der Waals surface area contributed by atoms with Crippen molar-refractivity contribution >= 4 is 34.4 Å². The minimum absolute atomic E-state index is 0.331. The maximum absolute atomic E-state index is 5.79. The van der Waals surface area contributed by atoms with E-state index in [4.69, 9.17) is 11.6 Å². The molecule has 3 aromatic rings. The summed E-state index contributed by atoms with van der Waals surface area (Å²) in [6.45, 7) is 6.61. The van der Waals surface area contributed by atoms with Gasteiger partial charge in [0.15, 0.2) is 0 Å². The molecule has 1 aliphatic carbocycles. The van der Waals surface area contributed by atoms with E-state index >= 15 is 0 Å². The summed E-state index contributed by atoms with van der Waals surface area (Å²) in [5.74, 6) is 6.13. The van der Waals surface area contributed by atoms with Crippen molar-refractivity contribution in [3.05, 3.63) is 98.2 Å². The summed E-state index contributed by atoms with van der Waals surface area (Å²) in [5.41, 5.74) is 19.9. The van der Waals surface area contributed by atoms with Crippen molar-refractivity contribution in [1.82, 2.24) is 5.53 Å². The van der Waals surface area contributed by atoms with Crippen molar-refractivity contribution in [2.45, 2.75) is 40.0 Å². The fraction of sp³-hybridized carbons (Fsp3) is 0.250. The third-order valence-corrected chi connectivity index (χ3v) is 7.43. The van der Waals surface area contributed by atoms with Crippen molar-refractivity contribution in [3.63, 3.8) is 0 Å². The average molecular weight is 457 g/mol. The van der Waals surface area contributed by atoms with E-state index in [9.17, 15) is 0 Å². The van der Waals surface area contributed by atoms with E-state index in [1.165, 1.54) is 63.8 Å². The normalized spacial score (nSPS) is 15.5. The first-order valence-electron chi connectivity index (χ1n) is 11.4. The molecule has 170 valence electrons. The Hall–Kier alpha value is -3.15. The maximum Gasteiger partial charge on any atom is 0.144 e. The second kappa shape index (κ2) is 10.2. The average Bonchev–Trinajstić information content (AvgIpc) is 3.19. The number of nitrogens with zero attached hydrogens (tertiary/aromatic N) is 1. The maximum atomic E-state index is 5.79. The summed E-state index contributed by atoms with van der Waals surface area (Å²) < 4.78 is 0. The van der Waals surface area contributed by atoms with Crippen molar-refractivity contribution < 1.29 is 0 Å². The monoisotopic (exact) mass is 456 g/mol. The van der Waals surface area contributed by atoms with Gasteiger partial charge in [0.25, 0.3) is 0 Å². The molecule has 0 unspecified atom stereocenters. The molecule has 0 spiro atoms. The summed E-state index contributed by atoms with van der Waals surface area (Å²) in [4.78, 5) is 0. The van der Waals surface area contributed by atoms with Gasteiger partial charge in [0, 0.05) is 0 Å². The Morgan fingerprint density at radius 1 is 0.970 bits per heavy atom. The molecule has 1 aromatic heterocycles. The highest BCUT2D eigenvalue weighted by atomic mass is 32.1. The van der Waals surface area contributed by atoms with Crippen LogP contribution in [0.25, 0.3) is 17.2 Å². The first-order chi connectivity index (χ1) is 16.0. The van der Waals surface area contributed by atoms with Crippen molar-refractivity contribution in [2.24, 2.45) is 22.6 Å². The standard InChI is InChI=1S/C28H32N4S/c1-18-7-11-24(15-19(18)2)27(28(22-5-4-6-22)25-17-33-16-20(25)3)23-12-8-21(9-13-23)10-14-26(29)31-32-30/h7-17,22,32H,4-6,30H2,1-3H3,(H2,29,31)/b14-10+,28-27+. The highest BCUT2D eigenvalue weighted by molar-refractivity contribution is 7.08. The van der Waals surface area contributed by atoms with E-state index in [0.717, 1.165) is 5.56 Å². The Labute approximate surface area is 200 Å². The highest BCUT2D eigenvalue weighted by Crippen LogP contribution is 2.46. The van der Waals surface area contributed by atoms with Crippen LogP contribution >= 0.6 is 11.3 Å². The molecule has 2 aromatic carbocycles. The van der Waals surface area contributed by atoms with Gasteiger partial charge in [-0.25, -0.2) is 11.4 Å². The molecule has 0 aliphatic heterocycles. The molecular weight excluding hydrogens is 424 g/mol. The lowest BCUT2D eigenvalue weighted by molar-refractivity contribution is 0.401. The summed E-state index contributed by atoms with van der Waals surface area (Å²) >= 11 is 1.80. The SMILES string of the molecule is Cc1ccc(/C(=C(/c2cscc2C)C2CCC2)c2ccc(/C=C/C(N)=N/NN)cc2)cc1C. The fourth-order valence-electron chi connectivity index (χ4n) is 4.32. The Morgan fingerprint density at radius 3 is 2.27 bits per heavy atom. The predicted octanol–water partition coefficient (Wildman–Crippen LogP) is 6.18. The van der Waals surface area contributed by atoms with Crippen LogP contribution in [0.4, 0.5) is 0 Å². The Balaban J connectivity index is 1.86. The van der Waals surface area contributed by atoms with Crippen LogP contribution in [0.1, 0.15) is 58.2 Å². The Kier molecular flexibility index (Phi) is 7.11. The highest BCUT2D eigenvalue weighted by Gasteiger charge is 2.28. The summed E-state index contributed by atoms with van der Waals surface area (Å²) in [6.07, 6.45) is 7.50. The Morgan fingerprint density at radius 2 is 1.70 bits per heavy atom. The lowest BCUT2D eigenvalue weighted by Crippen LogP contribution is -2.20. The van der Waals surface area contributed by atoms with E-state index in [-0.39, 0.29) is 0 Å². The van der Waals surface area contributed by atoms with E-state index in [2.05, 4.69) is 84.6 Å². The molecule has 0 radical (unpaired) electrons. The van der Waals surface area contributed by atoms with Gasteiger partial charge >= 0.3 is 0 Å². The molecular formula is C28H32N4S. The first kappa shape index (κ1) is 23.0. The Bertz CT molecular complexity index is 1210. The topological polar surface area (TPSA) is 76.4 Å². The van der Waals surface area contributed by atoms with Gasteiger partial charge in [0.1, 0.15) is 5.84 Å². The van der Waals surface area contributed by atoms with E-state index in [1.54, 1.807) is 17.4 Å². The number of hydrogen-bond donors (Lipinski definition) is 3. The molecule has 0 amide bonds. The molecule has 0 atom stereocenters. The number of thiophene rings is 1.